The van der Waals surface area contributed by atoms with Crippen LogP contribution in [0.25, 0.3) is 0 Å². The molecule has 0 N–H and O–H groups in total. The summed E-state index contributed by atoms with van der Waals surface area (Å²) in [5.74, 6) is -1.39. The molecule has 0 spiro atoms. The second-order valence-electron chi connectivity index (χ2n) is 5.12. The van der Waals surface area contributed by atoms with Crippen molar-refractivity contribution >= 4 is 12.0 Å². The first-order chi connectivity index (χ1) is 7.70. The van der Waals surface area contributed by atoms with Crippen molar-refractivity contribution in [3.8, 4) is 0 Å². The highest BCUT2D eigenvalue weighted by atomic mass is 19.3. The molecule has 6 heteroatoms. The lowest BCUT2D eigenvalue weighted by molar-refractivity contribution is -0.135. The summed E-state index contributed by atoms with van der Waals surface area (Å²) in [5.41, 5.74) is -0.741. The molecule has 0 aliphatic carbocycles. The van der Waals surface area contributed by atoms with Crippen molar-refractivity contribution in [2.24, 2.45) is 5.92 Å². The third kappa shape index (κ3) is 3.94. The lowest BCUT2D eigenvalue weighted by Gasteiger charge is -2.32. The quantitative estimate of drug-likeness (QED) is 0.717. The molecular formula is C11H17F2NO3. The van der Waals surface area contributed by atoms with E-state index in [0.29, 0.717) is 0 Å². The Morgan fingerprint density at radius 1 is 1.47 bits per heavy atom. The maximum absolute atomic E-state index is 12.5. The number of halogens is 2. The van der Waals surface area contributed by atoms with E-state index in [0.717, 1.165) is 4.90 Å². The van der Waals surface area contributed by atoms with E-state index in [1.165, 1.54) is 0 Å². The monoisotopic (exact) mass is 249 g/mol. The Labute approximate surface area is 98.9 Å². The van der Waals surface area contributed by atoms with Gasteiger partial charge in [-0.05, 0) is 27.2 Å². The van der Waals surface area contributed by atoms with Crippen molar-refractivity contribution in [2.75, 3.05) is 6.54 Å². The molecule has 1 aliphatic rings. The van der Waals surface area contributed by atoms with Gasteiger partial charge in [0.2, 0.25) is 12.3 Å². The second-order valence-corrected chi connectivity index (χ2v) is 5.12. The predicted octanol–water partition coefficient (Wildman–Crippen LogP) is 2.43. The van der Waals surface area contributed by atoms with E-state index < -0.39 is 29.9 Å². The first-order valence-electron chi connectivity index (χ1n) is 5.52. The largest absolute Gasteiger partial charge is 0.443 e. The standard InChI is InChI=1S/C11H17F2NO3/c1-11(2,3)17-10(16)14-6-7(9(12)13)4-5-8(14)15/h7,9H,4-6H2,1-3H3. The number of piperidine rings is 1. The lowest BCUT2D eigenvalue weighted by Crippen LogP contribution is -2.47. The Bertz CT molecular complexity index is 312. The van der Waals surface area contributed by atoms with Crippen LogP contribution in [-0.4, -0.2) is 35.5 Å². The summed E-state index contributed by atoms with van der Waals surface area (Å²) >= 11 is 0. The van der Waals surface area contributed by atoms with Crippen LogP contribution in [0, 0.1) is 5.92 Å². The van der Waals surface area contributed by atoms with Gasteiger partial charge in [-0.2, -0.15) is 0 Å². The van der Waals surface area contributed by atoms with Gasteiger partial charge in [-0.3, -0.25) is 4.79 Å². The zero-order valence-corrected chi connectivity index (χ0v) is 10.2. The maximum Gasteiger partial charge on any atom is 0.417 e. The molecule has 4 nitrogen and oxygen atoms in total. The fourth-order valence-electron chi connectivity index (χ4n) is 1.57. The Morgan fingerprint density at radius 2 is 2.06 bits per heavy atom. The molecule has 0 aromatic carbocycles. The third-order valence-electron chi connectivity index (χ3n) is 2.42. The van der Waals surface area contributed by atoms with Crippen molar-refractivity contribution < 1.29 is 23.1 Å². The molecule has 0 aromatic heterocycles. The van der Waals surface area contributed by atoms with Gasteiger partial charge in [0.05, 0.1) is 0 Å². The normalized spacial score (nSPS) is 21.9. The van der Waals surface area contributed by atoms with E-state index in [9.17, 15) is 18.4 Å². The SMILES string of the molecule is CC(C)(C)OC(=O)N1CC(C(F)F)CCC1=O. The first-order valence-corrected chi connectivity index (χ1v) is 5.52. The smallest absolute Gasteiger partial charge is 0.417 e. The molecule has 1 heterocycles. The zero-order chi connectivity index (χ0) is 13.2. The summed E-state index contributed by atoms with van der Waals surface area (Å²) in [5, 5.41) is 0. The van der Waals surface area contributed by atoms with Crippen molar-refractivity contribution in [3.63, 3.8) is 0 Å². The summed E-state index contributed by atoms with van der Waals surface area (Å²) in [4.78, 5) is 23.9. The van der Waals surface area contributed by atoms with Crippen LogP contribution in [-0.2, 0) is 9.53 Å². The van der Waals surface area contributed by atoms with E-state index in [4.69, 9.17) is 4.74 Å². The van der Waals surface area contributed by atoms with Crippen LogP contribution in [0.3, 0.4) is 0 Å². The molecule has 0 saturated carbocycles. The minimum absolute atomic E-state index is 0.0335. The fourth-order valence-corrected chi connectivity index (χ4v) is 1.57. The minimum Gasteiger partial charge on any atom is -0.443 e. The third-order valence-corrected chi connectivity index (χ3v) is 2.42. The number of amides is 2. The van der Waals surface area contributed by atoms with Crippen LogP contribution >= 0.6 is 0 Å². The van der Waals surface area contributed by atoms with Gasteiger partial charge in [-0.1, -0.05) is 0 Å². The Hall–Kier alpha value is -1.20. The van der Waals surface area contributed by atoms with Crippen LogP contribution in [0.1, 0.15) is 33.6 Å². The number of rotatable bonds is 1. The topological polar surface area (TPSA) is 46.6 Å². The van der Waals surface area contributed by atoms with Crippen LogP contribution in [0.15, 0.2) is 0 Å². The number of alkyl halides is 2. The molecular weight excluding hydrogens is 232 g/mol. The van der Waals surface area contributed by atoms with Crippen molar-refractivity contribution in [1.82, 2.24) is 4.90 Å². The van der Waals surface area contributed by atoms with Crippen molar-refractivity contribution in [1.29, 1.82) is 0 Å². The van der Waals surface area contributed by atoms with Crippen LogP contribution in [0.2, 0.25) is 0 Å². The molecule has 1 atom stereocenters. The molecule has 1 saturated heterocycles. The van der Waals surface area contributed by atoms with Gasteiger partial charge in [0.25, 0.3) is 0 Å². The molecule has 1 aliphatic heterocycles. The highest BCUT2D eigenvalue weighted by Gasteiger charge is 2.36. The predicted molar refractivity (Wildman–Crippen MR) is 56.7 cm³/mol. The first kappa shape index (κ1) is 13.9. The summed E-state index contributed by atoms with van der Waals surface area (Å²) in [6, 6.07) is 0. The van der Waals surface area contributed by atoms with Crippen molar-refractivity contribution in [3.05, 3.63) is 0 Å². The highest BCUT2D eigenvalue weighted by Crippen LogP contribution is 2.24. The molecule has 2 amide bonds. The number of likely N-dealkylation sites (tertiary alicyclic amines) is 1. The van der Waals surface area contributed by atoms with Crippen LogP contribution < -0.4 is 0 Å². The number of carbonyl (C=O) groups is 2. The average Bonchev–Trinajstić information content (AvgIpc) is 2.14. The summed E-state index contributed by atoms with van der Waals surface area (Å²) in [7, 11) is 0. The summed E-state index contributed by atoms with van der Waals surface area (Å²) in [6.45, 7) is 4.71. The van der Waals surface area contributed by atoms with Gasteiger partial charge in [0, 0.05) is 18.9 Å². The van der Waals surface area contributed by atoms with Gasteiger partial charge in [0.15, 0.2) is 0 Å². The number of carbonyl (C=O) groups excluding carboxylic acids is 2. The molecule has 17 heavy (non-hydrogen) atoms. The van der Waals surface area contributed by atoms with Crippen LogP contribution in [0.5, 0.6) is 0 Å². The fraction of sp³-hybridized carbons (Fsp3) is 0.818. The van der Waals surface area contributed by atoms with E-state index in [1.54, 1.807) is 20.8 Å². The van der Waals surface area contributed by atoms with Gasteiger partial charge in [-0.25, -0.2) is 18.5 Å². The second kappa shape index (κ2) is 4.98. The lowest BCUT2D eigenvalue weighted by atomic mass is 9.98. The number of nitrogens with zero attached hydrogens (tertiary/aromatic N) is 1. The number of hydrogen-bond donors (Lipinski definition) is 0. The van der Waals surface area contributed by atoms with E-state index in [2.05, 4.69) is 0 Å². The Morgan fingerprint density at radius 3 is 2.53 bits per heavy atom. The summed E-state index contributed by atoms with van der Waals surface area (Å²) in [6.07, 6.45) is -3.27. The maximum atomic E-state index is 12.5. The Balaban J connectivity index is 2.67. The minimum atomic E-state index is -2.52. The molecule has 0 aromatic rings. The number of ether oxygens (including phenoxy) is 1. The zero-order valence-electron chi connectivity index (χ0n) is 10.2. The summed E-state index contributed by atoms with van der Waals surface area (Å²) < 4.78 is 30.1. The molecule has 1 fully saturated rings. The van der Waals surface area contributed by atoms with Gasteiger partial charge in [-0.15, -0.1) is 0 Å². The Kier molecular flexibility index (Phi) is 4.06. The van der Waals surface area contributed by atoms with Gasteiger partial charge < -0.3 is 4.74 Å². The van der Waals surface area contributed by atoms with E-state index in [1.807, 2.05) is 0 Å². The molecule has 0 radical (unpaired) electrons. The van der Waals surface area contributed by atoms with Crippen molar-refractivity contribution in [2.45, 2.75) is 45.6 Å². The highest BCUT2D eigenvalue weighted by molar-refractivity contribution is 5.92. The number of imide groups is 1. The van der Waals surface area contributed by atoms with Crippen LogP contribution in [0.4, 0.5) is 13.6 Å². The molecule has 98 valence electrons. The van der Waals surface area contributed by atoms with E-state index in [-0.39, 0.29) is 19.4 Å². The molecule has 0 bridgehead atoms. The number of hydrogen-bond acceptors (Lipinski definition) is 3. The molecule has 1 unspecified atom stereocenters. The van der Waals surface area contributed by atoms with Gasteiger partial charge >= 0.3 is 6.09 Å². The molecule has 1 rings (SSSR count). The van der Waals surface area contributed by atoms with E-state index >= 15 is 0 Å². The average molecular weight is 249 g/mol. The van der Waals surface area contributed by atoms with Gasteiger partial charge in [0.1, 0.15) is 5.60 Å².